The Morgan fingerprint density at radius 1 is 1.14 bits per heavy atom. The number of nitrogens with one attached hydrogen (secondary N) is 2. The van der Waals surface area contributed by atoms with Crippen LogP contribution in [0.3, 0.4) is 0 Å². The molecule has 1 aromatic carbocycles. The summed E-state index contributed by atoms with van der Waals surface area (Å²) in [6, 6.07) is 17.2. The highest BCUT2D eigenvalue weighted by Crippen LogP contribution is 2.30. The number of pyridine rings is 2. The summed E-state index contributed by atoms with van der Waals surface area (Å²) in [5.41, 5.74) is 2.99. The number of carbonyl (C=O) groups is 2. The van der Waals surface area contributed by atoms with Crippen molar-refractivity contribution in [2.75, 3.05) is 37.0 Å². The summed E-state index contributed by atoms with van der Waals surface area (Å²) < 4.78 is 16.1. The van der Waals surface area contributed by atoms with Gasteiger partial charge < -0.3 is 24.8 Å². The Hall–Kier alpha value is -4.18. The van der Waals surface area contributed by atoms with Crippen molar-refractivity contribution in [1.82, 2.24) is 15.3 Å². The fourth-order valence-electron chi connectivity index (χ4n) is 3.99. The van der Waals surface area contributed by atoms with Crippen molar-refractivity contribution in [2.24, 2.45) is 0 Å². The molecule has 1 atom stereocenters. The van der Waals surface area contributed by atoms with E-state index in [1.165, 1.54) is 4.90 Å². The van der Waals surface area contributed by atoms with Crippen molar-refractivity contribution < 1.29 is 23.8 Å². The average molecular weight is 476 g/mol. The highest BCUT2D eigenvalue weighted by molar-refractivity contribution is 5.95. The molecule has 5 rings (SSSR count). The van der Waals surface area contributed by atoms with Gasteiger partial charge in [-0.2, -0.15) is 0 Å². The van der Waals surface area contributed by atoms with Crippen molar-refractivity contribution >= 4 is 23.6 Å². The molecule has 0 spiro atoms. The molecule has 1 fully saturated rings. The van der Waals surface area contributed by atoms with Gasteiger partial charge in [0.1, 0.15) is 11.9 Å². The molecule has 10 heteroatoms. The molecule has 10 nitrogen and oxygen atoms in total. The fraction of sp³-hybridized carbons (Fsp3) is 0.280. The number of benzene rings is 1. The summed E-state index contributed by atoms with van der Waals surface area (Å²) in [6.45, 7) is 1.69. The summed E-state index contributed by atoms with van der Waals surface area (Å²) >= 11 is 0. The molecular weight excluding hydrogens is 450 g/mol. The van der Waals surface area contributed by atoms with Gasteiger partial charge in [0.15, 0.2) is 18.2 Å². The van der Waals surface area contributed by atoms with Gasteiger partial charge >= 0.3 is 6.09 Å². The standard InChI is InChI=1S/C25H25N5O5/c1-33-23-7-3-6-19(27-23)17-5-2-4-16(12-17)13-26-11-10-18-14-30(25(32)35-18)21-9-8-20-24(28-21)29-22(31)15-34-20/h2-9,12,18,26H,10-11,13-15H2,1H3,(H,28,29,31)/t18-/m0/s1. The SMILES string of the molecule is COc1cccc(-c2cccc(CNCC[C@H]3CN(c4ccc5c(n4)NC(=O)CO5)C(=O)O3)c2)n1. The molecule has 0 aliphatic carbocycles. The Bertz CT molecular complexity index is 1250. The number of hydrogen-bond donors (Lipinski definition) is 2. The summed E-state index contributed by atoms with van der Waals surface area (Å²) in [5, 5.41) is 6.06. The third kappa shape index (κ3) is 5.17. The van der Waals surface area contributed by atoms with Crippen molar-refractivity contribution in [3.05, 3.63) is 60.2 Å². The normalized spacial score (nSPS) is 16.8. The smallest absolute Gasteiger partial charge is 0.415 e. The van der Waals surface area contributed by atoms with Crippen molar-refractivity contribution in [2.45, 2.75) is 19.1 Å². The minimum atomic E-state index is -0.455. The van der Waals surface area contributed by atoms with E-state index < -0.39 is 6.09 Å². The number of fused-ring (bicyclic) bond motifs is 1. The molecule has 4 heterocycles. The fourth-order valence-corrected chi connectivity index (χ4v) is 3.99. The first kappa shape index (κ1) is 22.6. The predicted octanol–water partition coefficient (Wildman–Crippen LogP) is 2.99. The van der Waals surface area contributed by atoms with Gasteiger partial charge in [0.2, 0.25) is 5.88 Å². The number of cyclic esters (lactones) is 1. The van der Waals surface area contributed by atoms with Crippen LogP contribution < -0.4 is 25.0 Å². The molecule has 1 saturated heterocycles. The lowest BCUT2D eigenvalue weighted by atomic mass is 10.1. The molecule has 0 saturated carbocycles. The molecule has 2 aliphatic heterocycles. The van der Waals surface area contributed by atoms with Gasteiger partial charge in [-0.25, -0.2) is 14.8 Å². The van der Waals surface area contributed by atoms with Crippen LogP contribution in [0.25, 0.3) is 11.3 Å². The zero-order valence-corrected chi connectivity index (χ0v) is 19.2. The Balaban J connectivity index is 1.13. The maximum Gasteiger partial charge on any atom is 0.415 e. The van der Waals surface area contributed by atoms with E-state index in [0.29, 0.717) is 49.3 Å². The Kier molecular flexibility index (Phi) is 6.44. The maximum absolute atomic E-state index is 12.4. The van der Waals surface area contributed by atoms with Crippen LogP contribution in [0.4, 0.5) is 16.4 Å². The van der Waals surface area contributed by atoms with Crippen LogP contribution in [0.5, 0.6) is 11.6 Å². The molecule has 0 radical (unpaired) electrons. The van der Waals surface area contributed by atoms with Gasteiger partial charge in [0, 0.05) is 18.2 Å². The van der Waals surface area contributed by atoms with E-state index in [0.717, 1.165) is 16.8 Å². The van der Waals surface area contributed by atoms with Crippen LogP contribution in [0.2, 0.25) is 0 Å². The summed E-state index contributed by atoms with van der Waals surface area (Å²) in [6.07, 6.45) is -0.0561. The van der Waals surface area contributed by atoms with Crippen LogP contribution in [0.15, 0.2) is 54.6 Å². The summed E-state index contributed by atoms with van der Waals surface area (Å²) in [7, 11) is 1.60. The molecule has 2 aromatic heterocycles. The average Bonchev–Trinajstić information content (AvgIpc) is 3.26. The molecule has 0 bridgehead atoms. The molecule has 2 N–H and O–H groups in total. The minimum absolute atomic E-state index is 0.0446. The number of nitrogens with zero attached hydrogens (tertiary/aromatic N) is 3. The third-order valence-electron chi connectivity index (χ3n) is 5.74. The lowest BCUT2D eigenvalue weighted by Crippen LogP contribution is -2.29. The van der Waals surface area contributed by atoms with E-state index >= 15 is 0 Å². The molecule has 3 aromatic rings. The maximum atomic E-state index is 12.4. The number of amides is 2. The first-order valence-electron chi connectivity index (χ1n) is 11.3. The van der Waals surface area contributed by atoms with Crippen LogP contribution >= 0.6 is 0 Å². The Labute approximate surface area is 202 Å². The molecule has 180 valence electrons. The van der Waals surface area contributed by atoms with Gasteiger partial charge in [0.25, 0.3) is 5.91 Å². The zero-order chi connectivity index (χ0) is 24.2. The lowest BCUT2D eigenvalue weighted by molar-refractivity contribution is -0.118. The first-order valence-corrected chi connectivity index (χ1v) is 11.3. The second-order valence-electron chi connectivity index (χ2n) is 8.20. The van der Waals surface area contributed by atoms with Crippen molar-refractivity contribution in [3.63, 3.8) is 0 Å². The molecular formula is C25H25N5O5. The second kappa shape index (κ2) is 9.98. The number of hydrogen-bond acceptors (Lipinski definition) is 8. The summed E-state index contributed by atoms with van der Waals surface area (Å²) in [4.78, 5) is 34.3. The van der Waals surface area contributed by atoms with Crippen molar-refractivity contribution in [1.29, 1.82) is 0 Å². The highest BCUT2D eigenvalue weighted by atomic mass is 16.6. The van der Waals surface area contributed by atoms with E-state index in [2.05, 4.69) is 32.7 Å². The van der Waals surface area contributed by atoms with Crippen LogP contribution in [0.1, 0.15) is 12.0 Å². The van der Waals surface area contributed by atoms with Gasteiger partial charge in [0.05, 0.1) is 19.3 Å². The monoisotopic (exact) mass is 475 g/mol. The van der Waals surface area contributed by atoms with Crippen LogP contribution in [-0.4, -0.2) is 54.9 Å². The Morgan fingerprint density at radius 3 is 2.91 bits per heavy atom. The number of methoxy groups -OCH3 is 1. The largest absolute Gasteiger partial charge is 0.481 e. The van der Waals surface area contributed by atoms with Crippen molar-refractivity contribution in [3.8, 4) is 22.9 Å². The Morgan fingerprint density at radius 2 is 2.03 bits per heavy atom. The van der Waals surface area contributed by atoms with E-state index in [9.17, 15) is 9.59 Å². The van der Waals surface area contributed by atoms with Gasteiger partial charge in [-0.1, -0.05) is 24.3 Å². The topological polar surface area (TPSA) is 115 Å². The zero-order valence-electron chi connectivity index (χ0n) is 19.2. The van der Waals surface area contributed by atoms with Gasteiger partial charge in [-0.3, -0.25) is 9.69 Å². The number of ether oxygens (including phenoxy) is 3. The van der Waals surface area contributed by atoms with E-state index in [4.69, 9.17) is 14.2 Å². The van der Waals surface area contributed by atoms with Gasteiger partial charge in [-0.05, 0) is 42.8 Å². The second-order valence-corrected chi connectivity index (χ2v) is 8.20. The number of carbonyl (C=O) groups excluding carboxylic acids is 2. The van der Waals surface area contributed by atoms with Gasteiger partial charge in [-0.15, -0.1) is 0 Å². The van der Waals surface area contributed by atoms with E-state index in [-0.39, 0.29) is 18.6 Å². The lowest BCUT2D eigenvalue weighted by Gasteiger charge is -2.19. The predicted molar refractivity (Wildman–Crippen MR) is 129 cm³/mol. The quantitative estimate of drug-likeness (QED) is 0.478. The van der Waals surface area contributed by atoms with Crippen LogP contribution in [-0.2, 0) is 16.1 Å². The minimum Gasteiger partial charge on any atom is -0.481 e. The third-order valence-corrected chi connectivity index (χ3v) is 5.74. The van der Waals surface area contributed by atoms with E-state index in [1.807, 2.05) is 30.3 Å². The number of anilines is 2. The molecule has 2 amide bonds. The van der Waals surface area contributed by atoms with E-state index in [1.54, 1.807) is 19.2 Å². The first-order chi connectivity index (χ1) is 17.1. The highest BCUT2D eigenvalue weighted by Gasteiger charge is 2.33. The molecule has 35 heavy (non-hydrogen) atoms. The van der Waals surface area contributed by atoms with Crippen LogP contribution in [0, 0.1) is 0 Å². The molecule has 2 aliphatic rings. The number of rotatable bonds is 8. The summed E-state index contributed by atoms with van der Waals surface area (Å²) in [5.74, 6) is 1.50. The molecule has 0 unspecified atom stereocenters. The number of aromatic nitrogens is 2.